The van der Waals surface area contributed by atoms with Gasteiger partial charge in [-0.2, -0.15) is 26.3 Å². The van der Waals surface area contributed by atoms with Crippen molar-refractivity contribution >= 4 is 5.97 Å². The van der Waals surface area contributed by atoms with Crippen molar-refractivity contribution in [1.29, 1.82) is 0 Å². The Labute approximate surface area is 108 Å². The van der Waals surface area contributed by atoms with Crippen LogP contribution in [0.2, 0.25) is 0 Å². The highest BCUT2D eigenvalue weighted by molar-refractivity contribution is 5.86. The third-order valence-electron chi connectivity index (χ3n) is 2.09. The lowest BCUT2D eigenvalue weighted by Gasteiger charge is -2.23. The molecule has 112 valence electrons. The normalized spacial score (nSPS) is 12.8. The molecule has 0 aliphatic rings. The first-order valence-corrected chi connectivity index (χ1v) is 4.95. The highest BCUT2D eigenvalue weighted by atomic mass is 19.4. The van der Waals surface area contributed by atoms with E-state index in [0.29, 0.717) is 0 Å². The van der Waals surface area contributed by atoms with Crippen LogP contribution in [-0.2, 0) is 11.3 Å². The number of carboxylic acids is 1. The summed E-state index contributed by atoms with van der Waals surface area (Å²) >= 11 is 0. The van der Waals surface area contributed by atoms with Crippen LogP contribution >= 0.6 is 0 Å². The minimum Gasteiger partial charge on any atom is -0.477 e. The molecular weight excluding hydrogens is 296 g/mol. The summed E-state index contributed by atoms with van der Waals surface area (Å²) in [6.07, 6.45) is -14.2. The van der Waals surface area contributed by atoms with Crippen LogP contribution in [0.3, 0.4) is 0 Å². The Morgan fingerprint density at radius 3 is 2.25 bits per heavy atom. The molecule has 1 heterocycles. The van der Waals surface area contributed by atoms with E-state index in [9.17, 15) is 31.1 Å². The van der Waals surface area contributed by atoms with E-state index in [4.69, 9.17) is 5.11 Å². The Bertz CT molecular complexity index is 471. The van der Waals surface area contributed by atoms with Gasteiger partial charge in [0.25, 0.3) is 0 Å². The molecule has 10 heteroatoms. The van der Waals surface area contributed by atoms with Gasteiger partial charge in [0.05, 0.1) is 6.61 Å². The molecule has 20 heavy (non-hydrogen) atoms. The Kier molecular flexibility index (Phi) is 4.58. The molecule has 4 nitrogen and oxygen atoms in total. The molecule has 0 aliphatic heterocycles. The maximum absolute atomic E-state index is 12.2. The molecule has 1 aromatic heterocycles. The van der Waals surface area contributed by atoms with Gasteiger partial charge >= 0.3 is 18.3 Å². The van der Waals surface area contributed by atoms with E-state index >= 15 is 0 Å². The summed E-state index contributed by atoms with van der Waals surface area (Å²) in [7, 11) is 0. The number of ether oxygens (including phenoxy) is 1. The number of pyridine rings is 1. The molecule has 0 atom stereocenters. The van der Waals surface area contributed by atoms with E-state index in [1.54, 1.807) is 0 Å². The van der Waals surface area contributed by atoms with Gasteiger partial charge in [0.15, 0.2) is 5.69 Å². The number of rotatable bonds is 4. The topological polar surface area (TPSA) is 59.4 Å². The number of aromatic nitrogens is 1. The molecule has 0 aliphatic carbocycles. The lowest BCUT2D eigenvalue weighted by atomic mass is 10.2. The van der Waals surface area contributed by atoms with Gasteiger partial charge in [-0.25, -0.2) is 9.78 Å². The number of carboxylic acid groups (broad SMARTS) is 1. The van der Waals surface area contributed by atoms with Gasteiger partial charge in [0.2, 0.25) is 6.10 Å². The van der Waals surface area contributed by atoms with Crippen molar-refractivity contribution in [2.24, 2.45) is 0 Å². The molecule has 0 saturated carbocycles. The Morgan fingerprint density at radius 1 is 1.25 bits per heavy atom. The summed E-state index contributed by atoms with van der Waals surface area (Å²) in [5.74, 6) is -1.58. The van der Waals surface area contributed by atoms with Crippen LogP contribution in [0.15, 0.2) is 18.3 Å². The van der Waals surface area contributed by atoms with E-state index in [1.807, 2.05) is 0 Å². The van der Waals surface area contributed by atoms with Gasteiger partial charge in [0, 0.05) is 11.8 Å². The van der Waals surface area contributed by atoms with Crippen molar-refractivity contribution in [3.8, 4) is 0 Å². The van der Waals surface area contributed by atoms with Gasteiger partial charge in [-0.05, 0) is 6.07 Å². The second-order valence-electron chi connectivity index (χ2n) is 3.59. The van der Waals surface area contributed by atoms with Gasteiger partial charge < -0.3 is 9.84 Å². The van der Waals surface area contributed by atoms with Crippen LogP contribution in [0.5, 0.6) is 0 Å². The predicted molar refractivity (Wildman–Crippen MR) is 51.9 cm³/mol. The van der Waals surface area contributed by atoms with Crippen molar-refractivity contribution in [2.75, 3.05) is 0 Å². The fraction of sp³-hybridized carbons (Fsp3) is 0.400. The average molecular weight is 303 g/mol. The molecule has 0 amide bonds. The lowest BCUT2D eigenvalue weighted by molar-refractivity contribution is -0.324. The van der Waals surface area contributed by atoms with Crippen LogP contribution < -0.4 is 0 Å². The average Bonchev–Trinajstić information content (AvgIpc) is 2.25. The fourth-order valence-electron chi connectivity index (χ4n) is 1.30. The van der Waals surface area contributed by atoms with E-state index in [-0.39, 0.29) is 0 Å². The first-order valence-electron chi connectivity index (χ1n) is 4.95. The second-order valence-corrected chi connectivity index (χ2v) is 3.59. The van der Waals surface area contributed by atoms with E-state index in [2.05, 4.69) is 9.72 Å². The van der Waals surface area contributed by atoms with Crippen LogP contribution in [0.4, 0.5) is 26.3 Å². The van der Waals surface area contributed by atoms with E-state index in [1.165, 1.54) is 6.07 Å². The highest BCUT2D eigenvalue weighted by Gasteiger charge is 2.58. The smallest absolute Gasteiger partial charge is 0.423 e. The molecule has 0 unspecified atom stereocenters. The Balaban J connectivity index is 2.92. The highest BCUT2D eigenvalue weighted by Crippen LogP contribution is 2.36. The minimum atomic E-state index is -5.65. The van der Waals surface area contributed by atoms with Crippen molar-refractivity contribution in [2.45, 2.75) is 25.1 Å². The van der Waals surface area contributed by atoms with E-state index in [0.717, 1.165) is 12.3 Å². The lowest BCUT2D eigenvalue weighted by Crippen LogP contribution is -2.44. The summed E-state index contributed by atoms with van der Waals surface area (Å²) in [6.45, 7) is -1.18. The number of carbonyl (C=O) groups is 1. The Morgan fingerprint density at radius 2 is 1.80 bits per heavy atom. The minimum absolute atomic E-state index is 0.390. The summed E-state index contributed by atoms with van der Waals surface area (Å²) in [4.78, 5) is 14.0. The number of hydrogen-bond acceptors (Lipinski definition) is 3. The monoisotopic (exact) mass is 303 g/mol. The first-order chi connectivity index (χ1) is 9.03. The second kappa shape index (κ2) is 5.65. The van der Waals surface area contributed by atoms with Crippen molar-refractivity contribution in [3.05, 3.63) is 29.6 Å². The van der Waals surface area contributed by atoms with E-state index < -0.39 is 42.3 Å². The summed E-state index contributed by atoms with van der Waals surface area (Å²) < 4.78 is 77.0. The first kappa shape index (κ1) is 16.2. The molecule has 1 N–H and O–H groups in total. The van der Waals surface area contributed by atoms with Gasteiger partial charge in [-0.1, -0.05) is 6.07 Å². The zero-order chi connectivity index (χ0) is 15.6. The molecule has 0 aromatic carbocycles. The number of hydrogen-bond donors (Lipinski definition) is 1. The number of alkyl halides is 6. The molecule has 1 rings (SSSR count). The maximum Gasteiger partial charge on any atom is 0.423 e. The molecule has 1 aromatic rings. The molecule has 0 bridgehead atoms. The molecular formula is C10H7F6NO3. The molecule has 0 fully saturated rings. The number of nitrogens with zero attached hydrogens (tertiary/aromatic N) is 1. The van der Waals surface area contributed by atoms with Crippen molar-refractivity contribution < 1.29 is 41.0 Å². The van der Waals surface area contributed by atoms with Crippen molar-refractivity contribution in [1.82, 2.24) is 4.98 Å². The van der Waals surface area contributed by atoms with Crippen LogP contribution in [0.1, 0.15) is 16.1 Å². The fourth-order valence-corrected chi connectivity index (χ4v) is 1.30. The summed E-state index contributed by atoms with van der Waals surface area (Å²) in [5.41, 5.74) is -1.06. The van der Waals surface area contributed by atoms with Gasteiger partial charge in [-0.3, -0.25) is 0 Å². The largest absolute Gasteiger partial charge is 0.477 e. The number of halogens is 6. The third-order valence-corrected chi connectivity index (χ3v) is 2.09. The van der Waals surface area contributed by atoms with Crippen LogP contribution in [0, 0.1) is 0 Å². The quantitative estimate of drug-likeness (QED) is 0.869. The Hall–Kier alpha value is -1.84. The summed E-state index contributed by atoms with van der Waals surface area (Å²) in [5, 5.41) is 8.69. The number of aromatic carboxylic acids is 1. The van der Waals surface area contributed by atoms with Gasteiger partial charge in [0.1, 0.15) is 0 Å². The van der Waals surface area contributed by atoms with Gasteiger partial charge in [-0.15, -0.1) is 0 Å². The third kappa shape index (κ3) is 4.08. The summed E-state index contributed by atoms with van der Waals surface area (Å²) in [6, 6.07) is 2.18. The molecule has 0 radical (unpaired) electrons. The predicted octanol–water partition coefficient (Wildman–Crippen LogP) is 2.79. The molecule has 0 spiro atoms. The molecule has 0 saturated heterocycles. The SMILES string of the molecule is O=C(O)c1ncccc1COC(C(F)(F)F)C(F)(F)F. The van der Waals surface area contributed by atoms with Crippen LogP contribution in [-0.4, -0.2) is 34.5 Å². The zero-order valence-electron chi connectivity index (χ0n) is 9.50. The maximum atomic E-state index is 12.2. The van der Waals surface area contributed by atoms with Crippen molar-refractivity contribution in [3.63, 3.8) is 0 Å². The van der Waals surface area contributed by atoms with Crippen LogP contribution in [0.25, 0.3) is 0 Å². The zero-order valence-corrected chi connectivity index (χ0v) is 9.50. The standard InChI is InChI=1S/C10H7F6NO3/c11-9(12,13)8(10(14,15)16)20-4-5-2-1-3-17-6(5)7(18)19/h1-3,8H,4H2,(H,18,19).